The van der Waals surface area contributed by atoms with Crippen LogP contribution in [0.25, 0.3) is 11.1 Å². The van der Waals surface area contributed by atoms with Gasteiger partial charge in [0.25, 0.3) is 0 Å². The molecule has 2 aromatic rings. The maximum atomic E-state index is 12.6. The topological polar surface area (TPSA) is 105 Å². The van der Waals surface area contributed by atoms with Crippen molar-refractivity contribution in [2.45, 2.75) is 57.0 Å². The Morgan fingerprint density at radius 3 is 2.21 bits per heavy atom. The summed E-state index contributed by atoms with van der Waals surface area (Å²) in [7, 11) is 0. The maximum Gasteiger partial charge on any atom is 0.407 e. The number of carboxylic acids is 1. The minimum atomic E-state index is -0.889. The summed E-state index contributed by atoms with van der Waals surface area (Å²) in [5.74, 6) is -1.95. The Morgan fingerprint density at radius 1 is 0.970 bits per heavy atom. The number of rotatable bonds is 6. The van der Waals surface area contributed by atoms with E-state index in [1.165, 1.54) is 0 Å². The fourth-order valence-corrected chi connectivity index (χ4v) is 4.97. The monoisotopic (exact) mass is 450 g/mol. The van der Waals surface area contributed by atoms with Crippen LogP contribution in [0.2, 0.25) is 0 Å². The molecule has 2 aromatic carbocycles. The number of carboxylic acid groups (broad SMARTS) is 1. The number of carbonyl (C=O) groups is 3. The van der Waals surface area contributed by atoms with E-state index < -0.39 is 36.0 Å². The molecule has 0 aromatic heterocycles. The van der Waals surface area contributed by atoms with E-state index in [9.17, 15) is 19.5 Å². The number of carbonyl (C=O) groups excluding carboxylic acids is 2. The number of alkyl carbamates (subject to hydrolysis) is 1. The minimum Gasteiger partial charge on any atom is -0.481 e. The molecular formula is C26H30N2O5. The van der Waals surface area contributed by atoms with Crippen LogP contribution < -0.4 is 10.6 Å². The van der Waals surface area contributed by atoms with E-state index in [1.807, 2.05) is 36.4 Å². The molecule has 0 saturated heterocycles. The van der Waals surface area contributed by atoms with Crippen LogP contribution in [0.1, 0.15) is 56.1 Å². The Bertz CT molecular complexity index is 991. The van der Waals surface area contributed by atoms with E-state index in [1.54, 1.807) is 6.92 Å². The smallest absolute Gasteiger partial charge is 0.407 e. The molecule has 3 atom stereocenters. The highest BCUT2D eigenvalue weighted by Crippen LogP contribution is 2.44. The van der Waals surface area contributed by atoms with Crippen LogP contribution in [0.5, 0.6) is 0 Å². The molecule has 2 aliphatic rings. The van der Waals surface area contributed by atoms with Gasteiger partial charge in [-0.3, -0.25) is 9.59 Å². The van der Waals surface area contributed by atoms with Crippen LogP contribution >= 0.6 is 0 Å². The van der Waals surface area contributed by atoms with Crippen molar-refractivity contribution < 1.29 is 24.2 Å². The Kier molecular flexibility index (Phi) is 6.96. The van der Waals surface area contributed by atoms with E-state index in [2.05, 4.69) is 22.8 Å². The van der Waals surface area contributed by atoms with Crippen molar-refractivity contribution >= 4 is 18.0 Å². The molecule has 2 aliphatic carbocycles. The van der Waals surface area contributed by atoms with Gasteiger partial charge in [-0.25, -0.2) is 4.79 Å². The maximum absolute atomic E-state index is 12.6. The molecule has 1 fully saturated rings. The Balaban J connectivity index is 1.33. The van der Waals surface area contributed by atoms with Crippen molar-refractivity contribution in [2.24, 2.45) is 5.92 Å². The summed E-state index contributed by atoms with van der Waals surface area (Å²) in [6.07, 6.45) is 3.19. The Hall–Kier alpha value is -3.35. The highest BCUT2D eigenvalue weighted by molar-refractivity contribution is 5.86. The molecule has 4 rings (SSSR count). The van der Waals surface area contributed by atoms with E-state index in [4.69, 9.17) is 4.74 Å². The van der Waals surface area contributed by atoms with E-state index in [0.29, 0.717) is 12.8 Å². The highest BCUT2D eigenvalue weighted by Gasteiger charge is 2.32. The van der Waals surface area contributed by atoms with Gasteiger partial charge in [0.2, 0.25) is 5.91 Å². The molecule has 0 bridgehead atoms. The second-order valence-corrected chi connectivity index (χ2v) is 8.89. The summed E-state index contributed by atoms with van der Waals surface area (Å²) in [5, 5.41) is 14.9. The zero-order valence-corrected chi connectivity index (χ0v) is 18.8. The first-order valence-electron chi connectivity index (χ1n) is 11.6. The number of nitrogens with one attached hydrogen (secondary N) is 2. The molecule has 2 amide bonds. The minimum absolute atomic E-state index is 0.0606. The van der Waals surface area contributed by atoms with Crippen LogP contribution in [0.15, 0.2) is 48.5 Å². The SMILES string of the molecule is C[C@@H](NC(=O)OCC1c2ccccc2-c2ccccc21)C(=O)N[C@H]1CCCCC[C@H]1C(=O)O. The summed E-state index contributed by atoms with van der Waals surface area (Å²) < 4.78 is 5.51. The van der Waals surface area contributed by atoms with Crippen LogP contribution in [0.4, 0.5) is 4.79 Å². The van der Waals surface area contributed by atoms with Crippen molar-refractivity contribution in [2.75, 3.05) is 6.61 Å². The lowest BCUT2D eigenvalue weighted by Gasteiger charge is -2.25. The lowest BCUT2D eigenvalue weighted by Crippen LogP contribution is -2.51. The number of hydrogen-bond donors (Lipinski definition) is 3. The molecule has 0 spiro atoms. The van der Waals surface area contributed by atoms with Crippen molar-refractivity contribution in [1.29, 1.82) is 0 Å². The standard InChI is InChI=1S/C26H30N2O5/c1-16(24(29)28-23-14-4-2-3-13-21(23)25(30)31)27-26(32)33-15-22-19-11-7-5-9-17(19)18-10-6-8-12-20(18)22/h5-12,16,21-23H,2-4,13-15H2,1H3,(H,27,32)(H,28,29)(H,30,31)/t16-,21-,23+/m1/s1. The van der Waals surface area contributed by atoms with E-state index >= 15 is 0 Å². The van der Waals surface area contributed by atoms with Gasteiger partial charge in [0, 0.05) is 12.0 Å². The molecular weight excluding hydrogens is 420 g/mol. The third-order valence-corrected chi connectivity index (χ3v) is 6.73. The van der Waals surface area contributed by atoms with Gasteiger partial charge in [0.15, 0.2) is 0 Å². The number of aliphatic carboxylic acids is 1. The van der Waals surface area contributed by atoms with Crippen LogP contribution in [-0.2, 0) is 14.3 Å². The fraction of sp³-hybridized carbons (Fsp3) is 0.423. The predicted octanol–water partition coefficient (Wildman–Crippen LogP) is 4.06. The number of fused-ring (bicyclic) bond motifs is 3. The third-order valence-electron chi connectivity index (χ3n) is 6.73. The van der Waals surface area contributed by atoms with Gasteiger partial charge in [0.1, 0.15) is 12.6 Å². The molecule has 33 heavy (non-hydrogen) atoms. The molecule has 7 heteroatoms. The lowest BCUT2D eigenvalue weighted by atomic mass is 9.94. The largest absolute Gasteiger partial charge is 0.481 e. The van der Waals surface area contributed by atoms with Crippen molar-refractivity contribution in [1.82, 2.24) is 10.6 Å². The molecule has 0 heterocycles. The first-order chi connectivity index (χ1) is 16.0. The Morgan fingerprint density at radius 2 is 1.58 bits per heavy atom. The van der Waals surface area contributed by atoms with Crippen molar-refractivity contribution in [3.05, 3.63) is 59.7 Å². The number of benzene rings is 2. The number of amides is 2. The van der Waals surface area contributed by atoms with Crippen LogP contribution in [-0.4, -0.2) is 41.8 Å². The van der Waals surface area contributed by atoms with Gasteiger partial charge >= 0.3 is 12.1 Å². The van der Waals surface area contributed by atoms with Crippen molar-refractivity contribution in [3.63, 3.8) is 0 Å². The number of hydrogen-bond acceptors (Lipinski definition) is 4. The summed E-state index contributed by atoms with van der Waals surface area (Å²) >= 11 is 0. The van der Waals surface area contributed by atoms with Gasteiger partial charge in [0.05, 0.1) is 5.92 Å². The molecule has 0 radical (unpaired) electrons. The van der Waals surface area contributed by atoms with E-state index in [0.717, 1.165) is 41.5 Å². The molecule has 0 unspecified atom stereocenters. The number of ether oxygens (including phenoxy) is 1. The summed E-state index contributed by atoms with van der Waals surface area (Å²) in [4.78, 5) is 36.7. The summed E-state index contributed by atoms with van der Waals surface area (Å²) in [5.41, 5.74) is 4.52. The van der Waals surface area contributed by atoms with Gasteiger partial charge in [-0.05, 0) is 42.0 Å². The van der Waals surface area contributed by atoms with Crippen LogP contribution in [0.3, 0.4) is 0 Å². The summed E-state index contributed by atoms with van der Waals surface area (Å²) in [6, 6.07) is 14.9. The second-order valence-electron chi connectivity index (χ2n) is 8.89. The zero-order valence-electron chi connectivity index (χ0n) is 18.8. The van der Waals surface area contributed by atoms with Crippen LogP contribution in [0, 0.1) is 5.92 Å². The third kappa shape index (κ3) is 5.02. The van der Waals surface area contributed by atoms with E-state index in [-0.39, 0.29) is 12.5 Å². The second kappa shape index (κ2) is 10.1. The fourth-order valence-electron chi connectivity index (χ4n) is 4.97. The highest BCUT2D eigenvalue weighted by atomic mass is 16.5. The first kappa shape index (κ1) is 22.8. The normalized spacial score (nSPS) is 20.6. The summed E-state index contributed by atoms with van der Waals surface area (Å²) in [6.45, 7) is 1.74. The predicted molar refractivity (Wildman–Crippen MR) is 124 cm³/mol. The lowest BCUT2D eigenvalue weighted by molar-refractivity contribution is -0.143. The molecule has 1 saturated carbocycles. The quantitative estimate of drug-likeness (QED) is 0.576. The van der Waals surface area contributed by atoms with Gasteiger partial charge in [-0.1, -0.05) is 67.8 Å². The van der Waals surface area contributed by atoms with Gasteiger partial charge in [-0.2, -0.15) is 0 Å². The molecule has 7 nitrogen and oxygen atoms in total. The Labute approximate surface area is 193 Å². The van der Waals surface area contributed by atoms with Gasteiger partial charge < -0.3 is 20.5 Å². The van der Waals surface area contributed by atoms with Gasteiger partial charge in [-0.15, -0.1) is 0 Å². The zero-order chi connectivity index (χ0) is 23.4. The van der Waals surface area contributed by atoms with Crippen molar-refractivity contribution in [3.8, 4) is 11.1 Å². The average molecular weight is 451 g/mol. The average Bonchev–Trinajstić information content (AvgIpc) is 2.94. The molecule has 174 valence electrons. The molecule has 3 N–H and O–H groups in total. The first-order valence-corrected chi connectivity index (χ1v) is 11.6. The molecule has 0 aliphatic heterocycles.